The number of amidine groups is 1. The lowest BCUT2D eigenvalue weighted by Gasteiger charge is -2.39. The summed E-state index contributed by atoms with van der Waals surface area (Å²) in [5.41, 5.74) is 13.0. The summed E-state index contributed by atoms with van der Waals surface area (Å²) in [6.07, 6.45) is 14.1. The fourth-order valence-corrected chi connectivity index (χ4v) is 5.09. The number of aryl methyl sites for hydroxylation is 1. The van der Waals surface area contributed by atoms with Crippen molar-refractivity contribution in [3.05, 3.63) is 95.5 Å². The Morgan fingerprint density at radius 2 is 1.88 bits per heavy atom. The molecule has 2 amide bonds. The minimum Gasteiger partial charge on any atom is -0.494 e. The minimum atomic E-state index is -0.205. The number of carbonyl (C=O) groups excluding carboxylic acids is 2. The van der Waals surface area contributed by atoms with Gasteiger partial charge in [0.25, 0.3) is 5.91 Å². The number of likely N-dealkylation sites (tertiary alicyclic amines) is 1. The number of rotatable bonds is 15. The second kappa shape index (κ2) is 21.2. The molecule has 1 saturated heterocycles. The smallest absolute Gasteiger partial charge is 0.250 e. The first-order valence-corrected chi connectivity index (χ1v) is 17.0. The summed E-state index contributed by atoms with van der Waals surface area (Å²) in [7, 11) is 3.18. The Hall–Kier alpha value is -4.83. The monoisotopic (exact) mass is 669 g/mol. The zero-order valence-electron chi connectivity index (χ0n) is 30.3. The van der Waals surface area contributed by atoms with E-state index in [1.165, 1.54) is 17.2 Å². The van der Waals surface area contributed by atoms with E-state index < -0.39 is 0 Å². The summed E-state index contributed by atoms with van der Waals surface area (Å²) >= 11 is 0. The number of ether oxygens (including phenoxy) is 1. The van der Waals surface area contributed by atoms with Crippen molar-refractivity contribution >= 4 is 35.1 Å². The van der Waals surface area contributed by atoms with E-state index >= 15 is 0 Å². The maximum atomic E-state index is 12.1. The van der Waals surface area contributed by atoms with Gasteiger partial charge in [-0.25, -0.2) is 0 Å². The van der Waals surface area contributed by atoms with Crippen LogP contribution >= 0.6 is 0 Å². The third-order valence-electron chi connectivity index (χ3n) is 7.93. The van der Waals surface area contributed by atoms with Crippen molar-refractivity contribution in [2.24, 2.45) is 22.6 Å². The molecule has 10 nitrogen and oxygen atoms in total. The van der Waals surface area contributed by atoms with Crippen molar-refractivity contribution in [2.75, 3.05) is 32.6 Å². The van der Waals surface area contributed by atoms with Crippen molar-refractivity contribution in [1.82, 2.24) is 15.2 Å². The van der Waals surface area contributed by atoms with E-state index in [-0.39, 0.29) is 23.4 Å². The molecular weight excluding hydrogens is 614 g/mol. The van der Waals surface area contributed by atoms with Gasteiger partial charge in [0.05, 0.1) is 29.9 Å². The SMILES string of the molecule is C=C/C(=C\C=C(/C)C1CN(Cc2cc(CCC)ccn2)C1)c1cccc(N/C(=C/C(N)=NC(=O)C2CC2)C(C)=N)c1OC.CC.CNC=O. The Kier molecular flexibility index (Phi) is 17.5. The molecule has 0 atom stereocenters. The molecule has 1 aliphatic carbocycles. The maximum Gasteiger partial charge on any atom is 0.250 e. The number of methoxy groups -OCH3 is 1. The van der Waals surface area contributed by atoms with E-state index in [1.54, 1.807) is 21.1 Å². The van der Waals surface area contributed by atoms with E-state index in [4.69, 9.17) is 20.7 Å². The standard InChI is InChI=1S/C35H44N6O2.C2H5NO.C2H6/c1-6-9-25-16-17-38-29(18-25)22-41-20-28(21-41)23(3)12-13-26(7-2)30-10-8-11-31(34(30)43-5)39-32(24(4)36)19-33(37)40-35(42)27-14-15-27;1-3-2-4;1-2/h7-8,10-13,16-19,27-28,36,39H,2,6,9,14-15,20-22H2,1,3-5H3,(H2,37,40,42);2H,1H3,(H,3,4);1-2H3/b23-12+,26-13+,32-19+,36-24?;;. The summed E-state index contributed by atoms with van der Waals surface area (Å²) in [5.74, 6) is 0.964. The van der Waals surface area contributed by atoms with Gasteiger partial charge >= 0.3 is 0 Å². The van der Waals surface area contributed by atoms with Crippen molar-refractivity contribution in [1.29, 1.82) is 5.41 Å². The molecule has 0 bridgehead atoms. The Morgan fingerprint density at radius 3 is 2.45 bits per heavy atom. The van der Waals surface area contributed by atoms with Crippen LogP contribution in [0.25, 0.3) is 5.57 Å². The lowest BCUT2D eigenvalue weighted by molar-refractivity contribution is -0.118. The molecule has 2 aromatic rings. The van der Waals surface area contributed by atoms with Crippen molar-refractivity contribution < 1.29 is 14.3 Å². The van der Waals surface area contributed by atoms with Gasteiger partial charge in [-0.05, 0) is 62.4 Å². The molecule has 10 heteroatoms. The molecule has 1 aromatic heterocycles. The Balaban J connectivity index is 0.00000129. The quantitative estimate of drug-likeness (QED) is 0.0714. The van der Waals surface area contributed by atoms with Crippen LogP contribution in [0, 0.1) is 17.2 Å². The molecule has 0 spiro atoms. The number of benzene rings is 1. The fourth-order valence-electron chi connectivity index (χ4n) is 5.09. The molecule has 5 N–H and O–H groups in total. The number of nitrogens with zero attached hydrogens (tertiary/aromatic N) is 3. The highest BCUT2D eigenvalue weighted by molar-refractivity contribution is 6.08. The van der Waals surface area contributed by atoms with E-state index in [2.05, 4.69) is 70.2 Å². The number of aliphatic imine (C=N–C) groups is 1. The van der Waals surface area contributed by atoms with Crippen LogP contribution in [0.4, 0.5) is 5.69 Å². The van der Waals surface area contributed by atoms with Gasteiger partial charge in [0, 0.05) is 56.4 Å². The summed E-state index contributed by atoms with van der Waals surface area (Å²) in [6, 6.07) is 10.1. The van der Waals surface area contributed by atoms with Crippen LogP contribution in [0.2, 0.25) is 0 Å². The van der Waals surface area contributed by atoms with E-state index in [9.17, 15) is 4.79 Å². The van der Waals surface area contributed by atoms with Crippen LogP contribution in [0.5, 0.6) is 5.75 Å². The normalized spacial score (nSPS) is 15.4. The van der Waals surface area contributed by atoms with Gasteiger partial charge < -0.3 is 26.5 Å². The number of pyridine rings is 1. The fraction of sp³-hybridized carbons (Fsp3) is 0.410. The number of aromatic nitrogens is 1. The topological polar surface area (TPSA) is 146 Å². The molecule has 4 rings (SSSR count). The number of hydrogen-bond donors (Lipinski definition) is 4. The van der Waals surface area contributed by atoms with Crippen molar-refractivity contribution in [3.8, 4) is 5.75 Å². The molecule has 264 valence electrons. The first-order chi connectivity index (χ1) is 23.6. The first-order valence-electron chi connectivity index (χ1n) is 17.0. The van der Waals surface area contributed by atoms with Crippen LogP contribution in [0.15, 0.2) is 83.7 Å². The third-order valence-corrected chi connectivity index (χ3v) is 7.93. The number of allylic oxidation sites excluding steroid dienone is 5. The second-order valence-corrected chi connectivity index (χ2v) is 11.8. The summed E-state index contributed by atoms with van der Waals surface area (Å²) in [6.45, 7) is 17.0. The van der Waals surface area contributed by atoms with Gasteiger partial charge in [0.1, 0.15) is 11.6 Å². The molecule has 2 heterocycles. The zero-order chi connectivity index (χ0) is 36.3. The van der Waals surface area contributed by atoms with Gasteiger partial charge in [-0.3, -0.25) is 19.5 Å². The van der Waals surface area contributed by atoms with Crippen LogP contribution in [0.1, 0.15) is 70.7 Å². The first kappa shape index (κ1) is 40.3. The van der Waals surface area contributed by atoms with Crippen LogP contribution in [-0.4, -0.2) is 61.0 Å². The van der Waals surface area contributed by atoms with E-state index in [0.717, 1.165) is 62.1 Å². The average molecular weight is 670 g/mol. The lowest BCUT2D eigenvalue weighted by atomic mass is 9.91. The molecule has 0 radical (unpaired) electrons. The number of nitrogens with two attached hydrogens (primary N) is 1. The Labute approximate surface area is 292 Å². The highest BCUT2D eigenvalue weighted by atomic mass is 16.5. The summed E-state index contributed by atoms with van der Waals surface area (Å²) < 4.78 is 5.83. The largest absolute Gasteiger partial charge is 0.494 e. The lowest BCUT2D eigenvalue weighted by Crippen LogP contribution is -2.46. The van der Waals surface area contributed by atoms with Gasteiger partial charge in [-0.1, -0.05) is 69.7 Å². The molecule has 2 aliphatic rings. The Bertz CT molecular complexity index is 1550. The Morgan fingerprint density at radius 1 is 1.18 bits per heavy atom. The molecule has 1 saturated carbocycles. The molecular formula is C39H55N7O3. The number of para-hydroxylation sites is 1. The maximum absolute atomic E-state index is 12.1. The minimum absolute atomic E-state index is 0.0170. The second-order valence-electron chi connectivity index (χ2n) is 11.8. The molecule has 2 fully saturated rings. The predicted molar refractivity (Wildman–Crippen MR) is 203 cm³/mol. The highest BCUT2D eigenvalue weighted by Gasteiger charge is 2.29. The van der Waals surface area contributed by atoms with Gasteiger partial charge in [-0.15, -0.1) is 0 Å². The van der Waals surface area contributed by atoms with Gasteiger partial charge in [0.2, 0.25) is 6.41 Å². The highest BCUT2D eigenvalue weighted by Crippen LogP contribution is 2.35. The number of hydrogen-bond acceptors (Lipinski definition) is 7. The predicted octanol–water partition coefficient (Wildman–Crippen LogP) is 6.71. The summed E-state index contributed by atoms with van der Waals surface area (Å²) in [5, 5.41) is 13.8. The van der Waals surface area contributed by atoms with Crippen LogP contribution in [0.3, 0.4) is 0 Å². The van der Waals surface area contributed by atoms with E-state index in [1.807, 2.05) is 44.3 Å². The van der Waals surface area contributed by atoms with Gasteiger partial charge in [-0.2, -0.15) is 4.99 Å². The number of anilines is 1. The molecule has 1 aliphatic heterocycles. The van der Waals surface area contributed by atoms with Crippen LogP contribution in [-0.2, 0) is 22.6 Å². The number of nitrogens with one attached hydrogen (secondary N) is 3. The molecule has 49 heavy (non-hydrogen) atoms. The average Bonchev–Trinajstić information content (AvgIpc) is 3.94. The zero-order valence-corrected chi connectivity index (χ0v) is 30.3. The van der Waals surface area contributed by atoms with Crippen molar-refractivity contribution in [3.63, 3.8) is 0 Å². The molecule has 1 aromatic carbocycles. The summed E-state index contributed by atoms with van der Waals surface area (Å²) in [4.78, 5) is 32.1. The number of amides is 2. The molecule has 0 unspecified atom stereocenters. The third kappa shape index (κ3) is 12.9. The van der Waals surface area contributed by atoms with E-state index in [0.29, 0.717) is 29.5 Å². The van der Waals surface area contributed by atoms with Gasteiger partial charge in [0.15, 0.2) is 0 Å². The number of carbonyl (C=O) groups is 2. The van der Waals surface area contributed by atoms with Crippen LogP contribution < -0.4 is 21.1 Å². The van der Waals surface area contributed by atoms with Crippen molar-refractivity contribution in [2.45, 2.75) is 66.8 Å².